The summed E-state index contributed by atoms with van der Waals surface area (Å²) in [6.07, 6.45) is 8.71. The summed E-state index contributed by atoms with van der Waals surface area (Å²) in [5.74, 6) is 1.74. The molecule has 0 N–H and O–H groups in total. The molecule has 0 radical (unpaired) electrons. The van der Waals surface area contributed by atoms with E-state index in [0.29, 0.717) is 35.4 Å². The lowest BCUT2D eigenvalue weighted by Gasteiger charge is -2.09. The van der Waals surface area contributed by atoms with Gasteiger partial charge in [-0.05, 0) is 60.8 Å². The van der Waals surface area contributed by atoms with Crippen molar-refractivity contribution in [3.63, 3.8) is 0 Å². The normalized spacial score (nSPS) is 11.5. The second-order valence-electron chi connectivity index (χ2n) is 10.9. The van der Waals surface area contributed by atoms with Crippen LogP contribution in [0.4, 0.5) is 0 Å². The molecule has 9 heteroatoms. The van der Waals surface area contributed by atoms with Crippen molar-refractivity contribution in [2.45, 2.75) is 6.54 Å². The molecule has 0 saturated heterocycles. The van der Waals surface area contributed by atoms with Gasteiger partial charge in [-0.3, -0.25) is 24.9 Å². The van der Waals surface area contributed by atoms with Gasteiger partial charge in [-0.1, -0.05) is 72.8 Å². The molecular formula is C40H29N9. The van der Waals surface area contributed by atoms with Crippen LogP contribution in [0.1, 0.15) is 11.3 Å². The highest BCUT2D eigenvalue weighted by Gasteiger charge is 2.13. The van der Waals surface area contributed by atoms with Crippen LogP contribution in [0.25, 0.3) is 62.5 Å². The number of aromatic nitrogens is 7. The van der Waals surface area contributed by atoms with Crippen molar-refractivity contribution in [2.75, 3.05) is 0 Å². The molecule has 7 rings (SSSR count). The van der Waals surface area contributed by atoms with Crippen LogP contribution in [0, 0.1) is 0 Å². The molecule has 2 aromatic carbocycles. The zero-order chi connectivity index (χ0) is 33.3. The Labute approximate surface area is 283 Å². The molecule has 0 spiro atoms. The van der Waals surface area contributed by atoms with E-state index in [4.69, 9.17) is 24.9 Å². The van der Waals surface area contributed by atoms with Crippen LogP contribution in [0.15, 0.2) is 156 Å². The highest BCUT2D eigenvalue weighted by Crippen LogP contribution is 2.27. The van der Waals surface area contributed by atoms with E-state index >= 15 is 0 Å². The SMILES string of the molecule is C=N/C=C(\C=NCc1ccc(-c2nc(-c3ccccc3)nc(-c3ccccc3)n2)cn1)c1cc(-c2ccccn2)nc(-c2ccccn2)c1. The summed E-state index contributed by atoms with van der Waals surface area (Å²) < 4.78 is 0. The van der Waals surface area contributed by atoms with E-state index in [0.717, 1.165) is 44.9 Å². The lowest BCUT2D eigenvalue weighted by molar-refractivity contribution is 0.992. The van der Waals surface area contributed by atoms with Crippen LogP contribution in [0.3, 0.4) is 0 Å². The Hall–Kier alpha value is -6.87. The van der Waals surface area contributed by atoms with Crippen LogP contribution in [0.5, 0.6) is 0 Å². The molecule has 7 aromatic rings. The molecule has 5 heterocycles. The second kappa shape index (κ2) is 14.7. The summed E-state index contributed by atoms with van der Waals surface area (Å²) in [5.41, 5.74) is 7.92. The van der Waals surface area contributed by atoms with Gasteiger partial charge in [0.15, 0.2) is 17.5 Å². The fraction of sp³-hybridized carbons (Fsp3) is 0.0250. The topological polar surface area (TPSA) is 115 Å². The van der Waals surface area contributed by atoms with Gasteiger partial charge in [0.25, 0.3) is 0 Å². The van der Waals surface area contributed by atoms with Crippen molar-refractivity contribution in [1.29, 1.82) is 0 Å². The molecule has 0 fully saturated rings. The average molecular weight is 636 g/mol. The number of benzene rings is 2. The average Bonchev–Trinajstić information content (AvgIpc) is 3.19. The van der Waals surface area contributed by atoms with E-state index in [1.54, 1.807) is 31.0 Å². The van der Waals surface area contributed by atoms with E-state index in [1.165, 1.54) is 0 Å². The maximum Gasteiger partial charge on any atom is 0.165 e. The third kappa shape index (κ3) is 7.42. The third-order valence-corrected chi connectivity index (χ3v) is 7.51. The standard InChI is InChI=1S/C40H29N9/c1-41-24-32(31-22-36(34-16-8-10-20-43-34)46-37(23-31)35-17-9-11-21-44-35)25-42-27-33-19-18-30(26-45-33)40-48-38(28-12-4-2-5-13-28)47-39(49-40)29-14-6-3-7-15-29/h2-26H,1,27H2/b32-24+,42-25?. The number of allylic oxidation sites excluding steroid dienone is 1. The molecular weight excluding hydrogens is 607 g/mol. The van der Waals surface area contributed by atoms with Crippen molar-refractivity contribution in [3.8, 4) is 56.9 Å². The van der Waals surface area contributed by atoms with E-state index in [2.05, 4.69) is 26.7 Å². The van der Waals surface area contributed by atoms with E-state index in [1.807, 2.05) is 121 Å². The Balaban J connectivity index is 1.16. The van der Waals surface area contributed by atoms with Gasteiger partial charge < -0.3 is 0 Å². The van der Waals surface area contributed by atoms with Crippen LogP contribution >= 0.6 is 0 Å². The Morgan fingerprint density at radius 3 is 1.59 bits per heavy atom. The summed E-state index contributed by atoms with van der Waals surface area (Å²) in [7, 11) is 0. The molecule has 0 saturated carbocycles. The van der Waals surface area contributed by atoms with E-state index < -0.39 is 0 Å². The fourth-order valence-corrected chi connectivity index (χ4v) is 5.09. The molecule has 0 bridgehead atoms. The summed E-state index contributed by atoms with van der Waals surface area (Å²) >= 11 is 0. The molecule has 5 aromatic heterocycles. The van der Waals surface area contributed by atoms with E-state index in [-0.39, 0.29) is 0 Å². The van der Waals surface area contributed by atoms with Gasteiger partial charge in [-0.25, -0.2) is 19.9 Å². The highest BCUT2D eigenvalue weighted by molar-refractivity contribution is 6.10. The first kappa shape index (κ1) is 30.8. The van der Waals surface area contributed by atoms with Crippen molar-refractivity contribution in [3.05, 3.63) is 157 Å². The Bertz CT molecular complexity index is 2120. The van der Waals surface area contributed by atoms with Crippen LogP contribution in [0.2, 0.25) is 0 Å². The van der Waals surface area contributed by atoms with Gasteiger partial charge in [0, 0.05) is 53.3 Å². The fourth-order valence-electron chi connectivity index (χ4n) is 5.09. The first-order chi connectivity index (χ1) is 24.2. The minimum atomic E-state index is 0.349. The first-order valence-electron chi connectivity index (χ1n) is 15.6. The highest BCUT2D eigenvalue weighted by atomic mass is 15.0. The van der Waals surface area contributed by atoms with Crippen LogP contribution in [-0.4, -0.2) is 47.8 Å². The Morgan fingerprint density at radius 1 is 0.551 bits per heavy atom. The number of aliphatic imine (C=N–C) groups is 2. The van der Waals surface area contributed by atoms with E-state index in [9.17, 15) is 0 Å². The molecule has 0 unspecified atom stereocenters. The van der Waals surface area contributed by atoms with Crippen LogP contribution < -0.4 is 0 Å². The zero-order valence-corrected chi connectivity index (χ0v) is 26.4. The lowest BCUT2D eigenvalue weighted by Crippen LogP contribution is -2.00. The molecule has 0 amide bonds. The number of nitrogens with zero attached hydrogens (tertiary/aromatic N) is 9. The smallest absolute Gasteiger partial charge is 0.165 e. The van der Waals surface area contributed by atoms with Crippen molar-refractivity contribution in [2.24, 2.45) is 9.98 Å². The van der Waals surface area contributed by atoms with Crippen LogP contribution in [-0.2, 0) is 6.54 Å². The number of hydrogen-bond acceptors (Lipinski definition) is 9. The quantitative estimate of drug-likeness (QED) is 0.140. The Kier molecular flexibility index (Phi) is 9.23. The number of rotatable bonds is 10. The van der Waals surface area contributed by atoms with Crippen molar-refractivity contribution >= 4 is 18.5 Å². The first-order valence-corrected chi connectivity index (χ1v) is 15.6. The van der Waals surface area contributed by atoms with Gasteiger partial charge in [0.1, 0.15) is 0 Å². The predicted octanol–water partition coefficient (Wildman–Crippen LogP) is 8.10. The summed E-state index contributed by atoms with van der Waals surface area (Å²) in [6.45, 7) is 4.03. The predicted molar refractivity (Wildman–Crippen MR) is 194 cm³/mol. The second-order valence-corrected chi connectivity index (χ2v) is 10.9. The maximum absolute atomic E-state index is 4.86. The molecule has 234 valence electrons. The van der Waals surface area contributed by atoms with Gasteiger partial charge in [0.05, 0.1) is 35.0 Å². The maximum atomic E-state index is 4.86. The van der Waals surface area contributed by atoms with Gasteiger partial charge in [0.2, 0.25) is 0 Å². The van der Waals surface area contributed by atoms with Crippen molar-refractivity contribution in [1.82, 2.24) is 34.9 Å². The van der Waals surface area contributed by atoms with Gasteiger partial charge >= 0.3 is 0 Å². The summed E-state index contributed by atoms with van der Waals surface area (Å²) in [5, 5.41) is 0. The summed E-state index contributed by atoms with van der Waals surface area (Å²) in [6, 6.07) is 39.1. The van der Waals surface area contributed by atoms with Gasteiger partial charge in [-0.2, -0.15) is 0 Å². The zero-order valence-electron chi connectivity index (χ0n) is 26.4. The molecule has 0 aliphatic carbocycles. The van der Waals surface area contributed by atoms with Crippen molar-refractivity contribution < 1.29 is 0 Å². The molecule has 0 aliphatic heterocycles. The monoisotopic (exact) mass is 635 g/mol. The third-order valence-electron chi connectivity index (χ3n) is 7.51. The molecule has 0 atom stereocenters. The minimum Gasteiger partial charge on any atom is -0.286 e. The minimum absolute atomic E-state index is 0.349. The largest absolute Gasteiger partial charge is 0.286 e. The Morgan fingerprint density at radius 2 is 1.10 bits per heavy atom. The number of hydrogen-bond donors (Lipinski definition) is 0. The molecule has 49 heavy (non-hydrogen) atoms. The summed E-state index contributed by atoms with van der Waals surface area (Å²) in [4.78, 5) is 41.7. The molecule has 0 aliphatic rings. The van der Waals surface area contributed by atoms with Gasteiger partial charge in [-0.15, -0.1) is 0 Å². The lowest BCUT2D eigenvalue weighted by atomic mass is 10.0. The number of pyridine rings is 4. The molecule has 9 nitrogen and oxygen atoms in total.